The summed E-state index contributed by atoms with van der Waals surface area (Å²) in [5.74, 6) is -2.85. The summed E-state index contributed by atoms with van der Waals surface area (Å²) in [5, 5.41) is 5.35. The Morgan fingerprint density at radius 1 is 1.11 bits per heavy atom. The molecule has 2 heterocycles. The maximum absolute atomic E-state index is 14.8. The lowest BCUT2D eigenvalue weighted by molar-refractivity contribution is -0.124. The molecular weight excluding hydrogens is 503 g/mol. The average molecular weight is 528 g/mol. The van der Waals surface area contributed by atoms with Crippen molar-refractivity contribution in [2.45, 2.75) is 63.3 Å². The highest BCUT2D eigenvalue weighted by molar-refractivity contribution is 5.84. The number of ether oxygens (including phenoxy) is 3. The molecule has 200 valence electrons. The Hall–Kier alpha value is -3.64. The monoisotopic (exact) mass is 528 g/mol. The van der Waals surface area contributed by atoms with Crippen molar-refractivity contribution in [1.29, 1.82) is 0 Å². The first kappa shape index (κ1) is 26.4. The van der Waals surface area contributed by atoms with Crippen LogP contribution >= 0.6 is 0 Å². The maximum atomic E-state index is 14.8. The third kappa shape index (κ3) is 5.25. The van der Waals surface area contributed by atoms with E-state index in [2.05, 4.69) is 20.6 Å². The number of halogens is 5. The van der Waals surface area contributed by atoms with Gasteiger partial charge in [-0.25, -0.2) is 22.0 Å². The van der Waals surface area contributed by atoms with Gasteiger partial charge in [0.25, 0.3) is 19.1 Å². The van der Waals surface area contributed by atoms with E-state index in [1.54, 1.807) is 0 Å². The van der Waals surface area contributed by atoms with Crippen molar-refractivity contribution in [3.63, 3.8) is 0 Å². The van der Waals surface area contributed by atoms with Gasteiger partial charge in [0, 0.05) is 5.56 Å². The molecule has 37 heavy (non-hydrogen) atoms. The number of carbonyl (C=O) groups is 1. The molecule has 0 radical (unpaired) electrons. The Morgan fingerprint density at radius 3 is 2.32 bits per heavy atom. The predicted octanol–water partition coefficient (Wildman–Crippen LogP) is 5.27. The van der Waals surface area contributed by atoms with Gasteiger partial charge in [-0.15, -0.1) is 0 Å². The van der Waals surface area contributed by atoms with Crippen molar-refractivity contribution in [1.82, 2.24) is 15.3 Å². The van der Waals surface area contributed by atoms with Gasteiger partial charge < -0.3 is 24.8 Å². The van der Waals surface area contributed by atoms with Crippen LogP contribution in [0.4, 0.5) is 27.8 Å². The molecule has 1 aliphatic heterocycles. The number of amides is 1. The Morgan fingerprint density at radius 2 is 1.76 bits per heavy atom. The molecule has 0 bridgehead atoms. The van der Waals surface area contributed by atoms with Crippen LogP contribution in [0.5, 0.6) is 6.01 Å². The van der Waals surface area contributed by atoms with Gasteiger partial charge >= 0.3 is 6.01 Å². The summed E-state index contributed by atoms with van der Waals surface area (Å²) in [6.07, 6.45) is -4.08. The number of benzene rings is 1. The van der Waals surface area contributed by atoms with Gasteiger partial charge in [0.2, 0.25) is 5.91 Å². The molecule has 8 nitrogen and oxygen atoms in total. The van der Waals surface area contributed by atoms with Crippen LogP contribution < -0.4 is 15.4 Å². The van der Waals surface area contributed by atoms with Gasteiger partial charge in [-0.2, -0.15) is 9.97 Å². The molecule has 2 atom stereocenters. The number of nitrogens with one attached hydrogen (secondary N) is 2. The van der Waals surface area contributed by atoms with E-state index in [0.717, 1.165) is 6.07 Å². The van der Waals surface area contributed by atoms with E-state index < -0.39 is 53.9 Å². The Labute approximate surface area is 209 Å². The highest BCUT2D eigenvalue weighted by Crippen LogP contribution is 2.42. The number of anilines is 1. The molecule has 2 N–H and O–H groups in total. The van der Waals surface area contributed by atoms with E-state index in [0.29, 0.717) is 0 Å². The number of alkyl halides is 4. The van der Waals surface area contributed by atoms with Gasteiger partial charge in [-0.1, -0.05) is 18.2 Å². The number of hydrogen-bond acceptors (Lipinski definition) is 7. The Bertz CT molecular complexity index is 1180. The van der Waals surface area contributed by atoms with Gasteiger partial charge in [-0.3, -0.25) is 4.79 Å². The number of hydrogen-bond donors (Lipinski definition) is 2. The van der Waals surface area contributed by atoms with Crippen LogP contribution in [-0.2, 0) is 14.3 Å². The van der Waals surface area contributed by atoms with Crippen molar-refractivity contribution >= 4 is 11.7 Å². The average Bonchev–Trinajstić information content (AvgIpc) is 3.45. The molecular formula is C24H25F5N4O4. The van der Waals surface area contributed by atoms with Crippen molar-refractivity contribution in [2.75, 3.05) is 12.4 Å². The smallest absolute Gasteiger partial charge is 0.318 e. The van der Waals surface area contributed by atoms with Crippen LogP contribution in [-0.4, -0.2) is 34.9 Å². The van der Waals surface area contributed by atoms with E-state index >= 15 is 0 Å². The molecule has 1 unspecified atom stereocenters. The molecule has 1 aromatic carbocycles. The number of aromatic nitrogens is 2. The van der Waals surface area contributed by atoms with Crippen LogP contribution in [0.2, 0.25) is 0 Å². The molecule has 1 saturated carbocycles. The maximum Gasteiger partial charge on any atom is 0.318 e. The largest absolute Gasteiger partial charge is 0.467 e. The minimum absolute atomic E-state index is 0.0135. The van der Waals surface area contributed by atoms with Crippen LogP contribution in [0.15, 0.2) is 30.7 Å². The number of carbonyl (C=O) groups excluding carboxylic acids is 1. The summed E-state index contributed by atoms with van der Waals surface area (Å²) in [5.41, 5.74) is -2.20. The minimum atomic E-state index is -3.01. The Kier molecular flexibility index (Phi) is 7.42. The second-order valence-electron chi connectivity index (χ2n) is 8.82. The van der Waals surface area contributed by atoms with E-state index in [4.69, 9.17) is 14.2 Å². The standard InChI is InChI=1S/C24H25F5N4O4/c1-11(20(34)33-24(7-8-24)22(28)29)17-15(21-36-9-10-37-21)19(32-23(31-17)35-3)30-12(2)13-5-4-6-14(16(13)25)18(26)27/h4-6,9-12,18,21-22H,7-8H2,1-3H3,(H,33,34)(H,30,31,32)/t11?,12-/m1/s1. The normalized spacial score (nSPS) is 17.8. The first-order chi connectivity index (χ1) is 17.6. The first-order valence-corrected chi connectivity index (χ1v) is 11.4. The fourth-order valence-electron chi connectivity index (χ4n) is 3.97. The second-order valence-corrected chi connectivity index (χ2v) is 8.82. The minimum Gasteiger partial charge on any atom is -0.467 e. The molecule has 4 rings (SSSR count). The molecule has 2 aliphatic rings. The predicted molar refractivity (Wildman–Crippen MR) is 121 cm³/mol. The van der Waals surface area contributed by atoms with E-state index in [1.807, 2.05) is 0 Å². The summed E-state index contributed by atoms with van der Waals surface area (Å²) in [6.45, 7) is 2.99. The van der Waals surface area contributed by atoms with Gasteiger partial charge in [0.15, 0.2) is 0 Å². The molecule has 0 spiro atoms. The first-order valence-electron chi connectivity index (χ1n) is 11.4. The number of methoxy groups -OCH3 is 1. The Balaban J connectivity index is 1.73. The topological polar surface area (TPSA) is 94.6 Å². The van der Waals surface area contributed by atoms with Crippen LogP contribution in [0.1, 0.15) is 73.7 Å². The van der Waals surface area contributed by atoms with Crippen LogP contribution in [0.25, 0.3) is 0 Å². The van der Waals surface area contributed by atoms with Gasteiger partial charge in [0.05, 0.1) is 35.9 Å². The zero-order valence-corrected chi connectivity index (χ0v) is 20.1. The molecule has 1 aliphatic carbocycles. The summed E-state index contributed by atoms with van der Waals surface area (Å²) < 4.78 is 84.2. The zero-order valence-electron chi connectivity index (χ0n) is 20.1. The molecule has 0 saturated heterocycles. The summed E-state index contributed by atoms with van der Waals surface area (Å²) >= 11 is 0. The highest BCUT2D eigenvalue weighted by atomic mass is 19.3. The third-order valence-electron chi connectivity index (χ3n) is 6.33. The van der Waals surface area contributed by atoms with Crippen molar-refractivity contribution in [3.8, 4) is 6.01 Å². The van der Waals surface area contributed by atoms with Crippen molar-refractivity contribution < 1.29 is 41.0 Å². The lowest BCUT2D eigenvalue weighted by Crippen LogP contribution is -2.44. The molecule has 1 fully saturated rings. The zero-order chi connectivity index (χ0) is 26.9. The van der Waals surface area contributed by atoms with Crippen LogP contribution in [0, 0.1) is 5.82 Å². The molecule has 1 amide bonds. The summed E-state index contributed by atoms with van der Waals surface area (Å²) in [4.78, 5) is 21.5. The second kappa shape index (κ2) is 10.4. The number of nitrogens with zero attached hydrogens (tertiary/aromatic N) is 2. The SMILES string of the molecule is COc1nc(N[C@H](C)c2cccc(C(F)F)c2F)c(C2OC=CO2)c(C(C)C(=O)NC2(C(F)F)CC2)n1. The van der Waals surface area contributed by atoms with Gasteiger partial charge in [-0.05, 0) is 26.7 Å². The fraction of sp³-hybridized carbons (Fsp3) is 0.458. The van der Waals surface area contributed by atoms with Crippen molar-refractivity contribution in [3.05, 3.63) is 58.9 Å². The summed E-state index contributed by atoms with van der Waals surface area (Å²) in [7, 11) is 1.28. The van der Waals surface area contributed by atoms with E-state index in [9.17, 15) is 26.7 Å². The summed E-state index contributed by atoms with van der Waals surface area (Å²) in [6, 6.07) is 2.57. The lowest BCUT2D eigenvalue weighted by Gasteiger charge is -2.25. The fourth-order valence-corrected chi connectivity index (χ4v) is 3.97. The van der Waals surface area contributed by atoms with Crippen LogP contribution in [0.3, 0.4) is 0 Å². The van der Waals surface area contributed by atoms with E-state index in [1.165, 1.54) is 45.6 Å². The number of rotatable bonds is 10. The highest BCUT2D eigenvalue weighted by Gasteiger charge is 2.53. The van der Waals surface area contributed by atoms with Crippen molar-refractivity contribution in [2.24, 2.45) is 0 Å². The van der Waals surface area contributed by atoms with Gasteiger partial charge in [0.1, 0.15) is 29.7 Å². The van der Waals surface area contributed by atoms with E-state index in [-0.39, 0.29) is 41.5 Å². The third-order valence-corrected chi connectivity index (χ3v) is 6.33. The molecule has 1 aromatic heterocycles. The molecule has 2 aromatic rings. The lowest BCUT2D eigenvalue weighted by atomic mass is 9.99. The quantitative estimate of drug-likeness (QED) is 0.406. The molecule has 13 heteroatoms.